The van der Waals surface area contributed by atoms with E-state index in [1.165, 1.54) is 36.3 Å². The number of aliphatic carboxylic acids is 11. The van der Waals surface area contributed by atoms with Crippen molar-refractivity contribution in [2.45, 2.75) is 62.3 Å². The third-order valence-electron chi connectivity index (χ3n) is 25.3. The van der Waals surface area contributed by atoms with E-state index in [2.05, 4.69) is 21.3 Å². The number of hydrogen-bond acceptors (Lipinski definition) is 37. The summed E-state index contributed by atoms with van der Waals surface area (Å²) in [6, 6.07) is 0. The molecule has 56 heteroatoms. The molecule has 0 spiro atoms. The van der Waals surface area contributed by atoms with E-state index in [-0.39, 0.29) is 312 Å². The number of Topliss-reactive ketones (excluding diaryl/α,β-unsaturated/α-hetero) is 1. The van der Waals surface area contributed by atoms with Crippen LogP contribution in [0, 0.1) is 69.0 Å². The summed E-state index contributed by atoms with van der Waals surface area (Å²) in [7, 11) is 0. The van der Waals surface area contributed by atoms with Crippen molar-refractivity contribution in [2.24, 2.45) is 29.1 Å². The Morgan fingerprint density at radius 1 is 0.220 bits per heavy atom. The Morgan fingerprint density at radius 3 is 0.453 bits per heavy atom. The summed E-state index contributed by atoms with van der Waals surface area (Å²) in [6.45, 7) is 4.95. The van der Waals surface area contributed by atoms with E-state index in [1.807, 2.05) is 0 Å². The molecule has 0 aromatic rings. The zero-order chi connectivity index (χ0) is 111. The van der Waals surface area contributed by atoms with Crippen LogP contribution in [0.15, 0.2) is 0 Å². The Morgan fingerprint density at radius 2 is 0.340 bits per heavy atom. The molecule has 0 unspecified atom stereocenters. The standard InChI is InChI=1S/C94H166N24O31.Gd/c1-70(2)42-115(79(124)51-100-12-22-104(55-83(128)129)20-10-99(46-74(9)119)11-21-105(23-13-100)56-84(130)131)47-75(120)95-66-94(67-96-76(121)48-116(43-71(3)4)80(125)52-101-14-24-106(57-85(132)133)30-36-112(63-91(144)145)37-31-107(25-15-101)58-86(134)135,68-97-77(122)49-117(44-72(5)6)81(126)53-102-16-26-108(59-87(136)137)32-38-113(64-92(146)147)39-33-109(27-17-102)60-88(138)139)69-98-78(123)50-118(45-73(7)8)82(127)54-103-18-28-110(61-89(140)141)34-40-114(65-93(148)149)41-35-111(29-19-103)62-90(142)143;/h70-73H,10-69H2,1-9H3,(H,95,120)(H,96,121)(H,97,122)(H,98,123)(H,128,129)(H,130,131)(H,132,133)(H,134,135)(H,136,137)(H,138,139)(H,140,141)(H,142,143)(H,144,145)(H,146,147)(H,148,149);/q;+3/p-1. The Hall–Kier alpha value is -9.72. The second-order valence-corrected chi connectivity index (χ2v) is 40.7. The first-order valence-electron chi connectivity index (χ1n) is 50.8. The van der Waals surface area contributed by atoms with Gasteiger partial charge >= 0.3 is 99.6 Å². The molecule has 0 atom stereocenters. The van der Waals surface area contributed by atoms with Crippen LogP contribution in [0.25, 0.3) is 0 Å². The summed E-state index contributed by atoms with van der Waals surface area (Å²) in [5, 5.41) is 123. The molecule has 4 rings (SSSR count). The number of hydrogen-bond donors (Lipinski definition) is 14. The fraction of sp³-hybridized carbons (Fsp3) is 0.787. The summed E-state index contributed by atoms with van der Waals surface area (Å²) in [5.41, 5.74) is -1.90. The van der Waals surface area contributed by atoms with Crippen LogP contribution in [0.4, 0.5) is 0 Å². The van der Waals surface area contributed by atoms with Gasteiger partial charge in [0.15, 0.2) is 0 Å². The number of carbonyl (C=O) groups is 20. The van der Waals surface area contributed by atoms with Gasteiger partial charge in [0.25, 0.3) is 0 Å². The Balaban J connectivity index is 0.0000578. The van der Waals surface area contributed by atoms with Crippen LogP contribution in [-0.2, 0) is 95.9 Å². The number of carboxylic acids is 11. The maximum atomic E-state index is 15.3. The Bertz CT molecular complexity index is 3670. The molecule has 0 saturated carbocycles. The van der Waals surface area contributed by atoms with Crippen LogP contribution < -0.4 is 26.4 Å². The number of ketones is 1. The molecule has 0 aliphatic carbocycles. The number of carboxylic acid groups (broad SMARTS) is 11. The molecule has 0 bridgehead atoms. The molecule has 55 nitrogen and oxygen atoms in total. The molecule has 853 valence electrons. The van der Waals surface area contributed by atoms with Crippen molar-refractivity contribution in [3.63, 3.8) is 0 Å². The van der Waals surface area contributed by atoms with E-state index in [0.717, 1.165) is 0 Å². The van der Waals surface area contributed by atoms with E-state index in [4.69, 9.17) is 0 Å². The Kier molecular flexibility index (Phi) is 64.6. The monoisotopic (exact) mass is 2280 g/mol. The van der Waals surface area contributed by atoms with Crippen LogP contribution in [0.5, 0.6) is 0 Å². The van der Waals surface area contributed by atoms with Gasteiger partial charge < -0.3 is 102 Å². The van der Waals surface area contributed by atoms with Crippen LogP contribution in [0.1, 0.15) is 62.3 Å². The van der Waals surface area contributed by atoms with E-state index >= 15 is 38.4 Å². The summed E-state index contributed by atoms with van der Waals surface area (Å²) in [6.07, 6.45) is 0. The van der Waals surface area contributed by atoms with Crippen LogP contribution in [0.3, 0.4) is 0 Å². The third-order valence-corrected chi connectivity index (χ3v) is 25.3. The van der Waals surface area contributed by atoms with Crippen molar-refractivity contribution in [2.75, 3.05) is 393 Å². The molecule has 1 radical (unpaired) electrons. The number of rotatable bonds is 56. The first-order chi connectivity index (χ1) is 70.1. The molecular formula is C94H165GdN24O31+2. The van der Waals surface area contributed by atoms with Gasteiger partial charge in [0, 0.05) is 274 Å². The molecular weight excluding hydrogens is 2120 g/mol. The van der Waals surface area contributed by atoms with Crippen LogP contribution in [-0.4, -0.2) is 660 Å². The van der Waals surface area contributed by atoms with Gasteiger partial charge in [-0.2, -0.15) is 0 Å². The summed E-state index contributed by atoms with van der Waals surface area (Å²) in [5.74, 6) is -20.8. The van der Waals surface area contributed by atoms with Crippen molar-refractivity contribution >= 4 is 119 Å². The number of amides is 8. The largest absolute Gasteiger partial charge is 3.00 e. The van der Waals surface area contributed by atoms with E-state index in [1.54, 1.807) is 124 Å². The fourth-order valence-electron chi connectivity index (χ4n) is 17.6. The quantitative estimate of drug-likeness (QED) is 0.0269. The van der Waals surface area contributed by atoms with E-state index < -0.39 is 269 Å². The van der Waals surface area contributed by atoms with Crippen molar-refractivity contribution in [3.05, 3.63) is 0 Å². The third kappa shape index (κ3) is 61.2. The zero-order valence-electron chi connectivity index (χ0n) is 88.6. The maximum absolute atomic E-state index is 15.3. The summed E-state index contributed by atoms with van der Waals surface area (Å²) >= 11 is 0. The van der Waals surface area contributed by atoms with Gasteiger partial charge in [-0.15, -0.1) is 0 Å². The van der Waals surface area contributed by atoms with Gasteiger partial charge in [-0.05, 0) is 30.6 Å². The minimum Gasteiger partial charge on any atom is -0.549 e. The van der Waals surface area contributed by atoms with Crippen LogP contribution in [0.2, 0.25) is 0 Å². The predicted octanol–water partition coefficient (Wildman–Crippen LogP) is -10.6. The van der Waals surface area contributed by atoms with Crippen LogP contribution >= 0.6 is 0 Å². The van der Waals surface area contributed by atoms with Gasteiger partial charge in [-0.1, -0.05) is 55.4 Å². The first-order valence-corrected chi connectivity index (χ1v) is 50.8. The first kappa shape index (κ1) is 134. The SMILES string of the molecule is CC(=O)CN1CCN(CC(=O)O)CCN(CC(=O)N(CC(=O)NCC(CNC(=O)CN(CC(C)C)C(=O)CN2CCN(CC(=O)[O-])CCN(CC(=O)O)CCN(CC(=O)O)CC2)(CNC(=O)CN(CC(C)C)C(=O)CN2CCN(CC(=O)O)CCN(CC(=O)O)CCN(CC(=O)O)CC2)CNC(=O)CN(CC(C)C)C(=O)CN2CCN(CC(=O)O)CCN(CC(=O)O)CCN(CC(=O)O)CC2)CC(C)C)CCN(CC(=O)O)CC1.[Gd+3]. The second kappa shape index (κ2) is 72.0. The zero-order valence-corrected chi connectivity index (χ0v) is 90.8. The Labute approximate surface area is 908 Å². The molecule has 0 aromatic heterocycles. The fourth-order valence-corrected chi connectivity index (χ4v) is 17.6. The molecule has 4 aliphatic heterocycles. The molecule has 150 heavy (non-hydrogen) atoms. The smallest absolute Gasteiger partial charge is 0.549 e. The van der Waals surface area contributed by atoms with Crippen molar-refractivity contribution in [1.82, 2.24) is 119 Å². The van der Waals surface area contributed by atoms with Gasteiger partial charge in [0.2, 0.25) is 47.3 Å². The molecule has 8 amide bonds. The number of nitrogens with zero attached hydrogens (tertiary/aromatic N) is 20. The normalized spacial score (nSPS) is 17.8. The van der Waals surface area contributed by atoms with E-state index in [0.29, 0.717) is 0 Å². The van der Waals surface area contributed by atoms with Crippen molar-refractivity contribution in [3.8, 4) is 0 Å². The van der Waals surface area contributed by atoms with Gasteiger partial charge in [-0.3, -0.25) is 169 Å². The molecule has 4 heterocycles. The molecule has 14 N–H and O–H groups in total. The molecule has 4 saturated heterocycles. The molecule has 4 aliphatic rings. The summed E-state index contributed by atoms with van der Waals surface area (Å²) < 4.78 is 0. The average Bonchev–Trinajstić information content (AvgIpc) is 0.836. The molecule has 0 aromatic carbocycles. The van der Waals surface area contributed by atoms with Crippen molar-refractivity contribution in [1.29, 1.82) is 0 Å². The topological polar surface area (TPSA) is 680 Å². The molecule has 4 fully saturated rings. The minimum atomic E-state index is -1.90. The number of nitrogens with one attached hydrogen (secondary N) is 4. The van der Waals surface area contributed by atoms with Gasteiger partial charge in [-0.25, -0.2) is 0 Å². The summed E-state index contributed by atoms with van der Waals surface area (Å²) in [4.78, 5) is 299. The average molecular weight is 2280 g/mol. The predicted molar refractivity (Wildman–Crippen MR) is 535 cm³/mol. The van der Waals surface area contributed by atoms with Gasteiger partial charge in [0.1, 0.15) is 5.78 Å². The second-order valence-electron chi connectivity index (χ2n) is 40.7. The van der Waals surface area contributed by atoms with Gasteiger partial charge in [0.05, 0.1) is 130 Å². The minimum absolute atomic E-state index is 0. The van der Waals surface area contributed by atoms with E-state index in [9.17, 15) is 114 Å². The van der Waals surface area contributed by atoms with Crippen molar-refractivity contribution < 1.29 is 192 Å². The number of carbonyl (C=O) groups excluding carboxylic acids is 10. The maximum Gasteiger partial charge on any atom is 3.00 e.